The molecular formula is C14H15N3O2. The van der Waals surface area contributed by atoms with E-state index in [9.17, 15) is 9.59 Å². The fourth-order valence-electron chi connectivity index (χ4n) is 1.91. The molecule has 98 valence electrons. The van der Waals surface area contributed by atoms with E-state index in [0.29, 0.717) is 16.8 Å². The summed E-state index contributed by atoms with van der Waals surface area (Å²) in [6, 6.07) is 6.56. The molecule has 1 unspecified atom stereocenters. The zero-order valence-corrected chi connectivity index (χ0v) is 10.3. The van der Waals surface area contributed by atoms with Crippen LogP contribution in [-0.2, 0) is 4.79 Å². The first-order valence-corrected chi connectivity index (χ1v) is 5.81. The zero-order chi connectivity index (χ0) is 14.0. The molecule has 19 heavy (non-hydrogen) atoms. The van der Waals surface area contributed by atoms with Crippen LogP contribution in [0, 0.1) is 0 Å². The molecule has 0 radical (unpaired) electrons. The smallest absolute Gasteiger partial charge is 0.248 e. The van der Waals surface area contributed by atoms with Crippen LogP contribution in [0.25, 0.3) is 0 Å². The Balaban J connectivity index is 2.23. The minimum Gasteiger partial charge on any atom is -0.399 e. The van der Waals surface area contributed by atoms with Gasteiger partial charge in [0, 0.05) is 16.8 Å². The highest BCUT2D eigenvalue weighted by Gasteiger charge is 2.33. The van der Waals surface area contributed by atoms with Gasteiger partial charge in [0.05, 0.1) is 0 Å². The summed E-state index contributed by atoms with van der Waals surface area (Å²) < 4.78 is 0. The number of Topliss-reactive ketones (excluding diaryl/α,β-unsaturated/α-hetero) is 1. The van der Waals surface area contributed by atoms with Crippen LogP contribution < -0.4 is 17.2 Å². The number of hydrogen-bond acceptors (Lipinski definition) is 4. The lowest BCUT2D eigenvalue weighted by Gasteiger charge is -2.26. The predicted octanol–water partition coefficient (Wildman–Crippen LogP) is 0.521. The van der Waals surface area contributed by atoms with Gasteiger partial charge in [0.25, 0.3) is 0 Å². The third-order valence-corrected chi connectivity index (χ3v) is 3.10. The fraction of sp³-hybridized carbons (Fsp3) is 0.143. The van der Waals surface area contributed by atoms with E-state index < -0.39 is 11.4 Å². The summed E-state index contributed by atoms with van der Waals surface area (Å²) in [5.41, 5.74) is 17.1. The minimum absolute atomic E-state index is 0.219. The number of carbonyl (C=O) groups is 2. The average Bonchev–Trinajstić information content (AvgIpc) is 2.39. The van der Waals surface area contributed by atoms with Gasteiger partial charge >= 0.3 is 0 Å². The van der Waals surface area contributed by atoms with Crippen LogP contribution >= 0.6 is 0 Å². The number of anilines is 1. The number of hydrogen-bond donors (Lipinski definition) is 3. The number of nitrogen functional groups attached to an aromatic ring is 1. The summed E-state index contributed by atoms with van der Waals surface area (Å²) in [6.07, 6.45) is 4.83. The highest BCUT2D eigenvalue weighted by molar-refractivity contribution is 6.06. The van der Waals surface area contributed by atoms with Crippen molar-refractivity contribution in [2.24, 2.45) is 11.5 Å². The van der Waals surface area contributed by atoms with Crippen LogP contribution in [0.5, 0.6) is 0 Å². The average molecular weight is 257 g/mol. The van der Waals surface area contributed by atoms with Crippen molar-refractivity contribution >= 4 is 17.4 Å². The Hall–Kier alpha value is -2.40. The molecule has 1 amide bonds. The highest BCUT2D eigenvalue weighted by atomic mass is 16.1. The molecule has 2 rings (SSSR count). The Bertz CT molecular complexity index is 587. The van der Waals surface area contributed by atoms with Crippen molar-refractivity contribution in [3.8, 4) is 0 Å². The number of benzene rings is 1. The van der Waals surface area contributed by atoms with E-state index in [1.165, 1.54) is 12.2 Å². The van der Waals surface area contributed by atoms with Crippen molar-refractivity contribution in [1.29, 1.82) is 0 Å². The molecule has 1 atom stereocenters. The van der Waals surface area contributed by atoms with Crippen molar-refractivity contribution in [3.05, 3.63) is 53.6 Å². The van der Waals surface area contributed by atoms with Crippen LogP contribution in [0.3, 0.4) is 0 Å². The van der Waals surface area contributed by atoms with Crippen molar-refractivity contribution < 1.29 is 9.59 Å². The summed E-state index contributed by atoms with van der Waals surface area (Å²) in [5, 5.41) is 0. The molecule has 0 aliphatic heterocycles. The fourth-order valence-corrected chi connectivity index (χ4v) is 1.91. The summed E-state index contributed by atoms with van der Waals surface area (Å²) in [7, 11) is 0. The van der Waals surface area contributed by atoms with Crippen molar-refractivity contribution in [3.63, 3.8) is 0 Å². The van der Waals surface area contributed by atoms with Gasteiger partial charge in [-0.05, 0) is 30.7 Å². The maximum Gasteiger partial charge on any atom is 0.248 e. The van der Waals surface area contributed by atoms with E-state index in [4.69, 9.17) is 17.2 Å². The molecule has 0 fully saturated rings. The Morgan fingerprint density at radius 2 is 1.79 bits per heavy atom. The monoisotopic (exact) mass is 257 g/mol. The maximum atomic E-state index is 12.3. The van der Waals surface area contributed by atoms with Gasteiger partial charge in [-0.25, -0.2) is 0 Å². The van der Waals surface area contributed by atoms with Gasteiger partial charge < -0.3 is 17.2 Å². The molecule has 0 spiro atoms. The molecule has 0 heterocycles. The standard InChI is InChI=1S/C14H15N3O2/c15-11-3-1-9(2-4-11)12(18)14(17)7-5-10(6-8-14)13(16)19/h1-7H,8,15,17H2,(H2,16,19). The maximum absolute atomic E-state index is 12.3. The third-order valence-electron chi connectivity index (χ3n) is 3.10. The van der Waals surface area contributed by atoms with Gasteiger partial charge in [0.2, 0.25) is 5.91 Å². The van der Waals surface area contributed by atoms with Gasteiger partial charge in [-0.3, -0.25) is 9.59 Å². The van der Waals surface area contributed by atoms with E-state index in [1.807, 2.05) is 0 Å². The topological polar surface area (TPSA) is 112 Å². The molecule has 1 aromatic carbocycles. The van der Waals surface area contributed by atoms with Gasteiger partial charge in [-0.1, -0.05) is 18.2 Å². The van der Waals surface area contributed by atoms with Crippen LogP contribution in [0.1, 0.15) is 16.8 Å². The molecule has 5 nitrogen and oxygen atoms in total. The van der Waals surface area contributed by atoms with Crippen molar-refractivity contribution in [2.75, 3.05) is 5.73 Å². The second-order valence-electron chi connectivity index (χ2n) is 4.55. The largest absolute Gasteiger partial charge is 0.399 e. The first kappa shape index (κ1) is 13.0. The van der Waals surface area contributed by atoms with Crippen LogP contribution in [-0.4, -0.2) is 17.2 Å². The lowest BCUT2D eigenvalue weighted by Crippen LogP contribution is -2.47. The number of nitrogens with two attached hydrogens (primary N) is 3. The molecule has 6 N–H and O–H groups in total. The van der Waals surface area contributed by atoms with Gasteiger partial charge in [0.15, 0.2) is 5.78 Å². The minimum atomic E-state index is -1.14. The van der Waals surface area contributed by atoms with Crippen LogP contribution in [0.2, 0.25) is 0 Å². The van der Waals surface area contributed by atoms with Gasteiger partial charge in [0.1, 0.15) is 5.54 Å². The highest BCUT2D eigenvalue weighted by Crippen LogP contribution is 2.23. The molecule has 1 aliphatic carbocycles. The number of rotatable bonds is 3. The quantitative estimate of drug-likeness (QED) is 0.541. The SMILES string of the molecule is NC(=O)C1=CCC(N)(C(=O)c2ccc(N)cc2)C=C1. The lowest BCUT2D eigenvalue weighted by molar-refractivity contribution is -0.114. The molecule has 0 aromatic heterocycles. The Morgan fingerprint density at radius 3 is 2.26 bits per heavy atom. The zero-order valence-electron chi connectivity index (χ0n) is 10.3. The first-order chi connectivity index (χ1) is 8.92. The molecule has 1 aromatic rings. The third kappa shape index (κ3) is 2.56. The molecule has 0 saturated heterocycles. The normalized spacial score (nSPS) is 21.8. The Labute approximate surface area is 110 Å². The Kier molecular flexibility index (Phi) is 3.23. The predicted molar refractivity (Wildman–Crippen MR) is 73.1 cm³/mol. The Morgan fingerprint density at radius 1 is 1.16 bits per heavy atom. The second kappa shape index (κ2) is 4.70. The summed E-state index contributed by atoms with van der Waals surface area (Å²) in [4.78, 5) is 23.4. The number of carbonyl (C=O) groups excluding carboxylic acids is 2. The van der Waals surface area contributed by atoms with Gasteiger partial charge in [-0.2, -0.15) is 0 Å². The van der Waals surface area contributed by atoms with E-state index >= 15 is 0 Å². The van der Waals surface area contributed by atoms with E-state index in [-0.39, 0.29) is 12.2 Å². The van der Waals surface area contributed by atoms with Crippen molar-refractivity contribution in [1.82, 2.24) is 0 Å². The van der Waals surface area contributed by atoms with E-state index in [2.05, 4.69) is 0 Å². The van der Waals surface area contributed by atoms with E-state index in [0.717, 1.165) is 0 Å². The van der Waals surface area contributed by atoms with E-state index in [1.54, 1.807) is 30.3 Å². The molecule has 0 bridgehead atoms. The number of ketones is 1. The van der Waals surface area contributed by atoms with Crippen LogP contribution in [0.4, 0.5) is 5.69 Å². The summed E-state index contributed by atoms with van der Waals surface area (Å²) >= 11 is 0. The van der Waals surface area contributed by atoms with Gasteiger partial charge in [-0.15, -0.1) is 0 Å². The lowest BCUT2D eigenvalue weighted by atomic mass is 9.83. The second-order valence-corrected chi connectivity index (χ2v) is 4.55. The number of amides is 1. The summed E-state index contributed by atoms with van der Waals surface area (Å²) in [6.45, 7) is 0. The van der Waals surface area contributed by atoms with Crippen molar-refractivity contribution in [2.45, 2.75) is 12.0 Å². The molecule has 1 aliphatic rings. The molecule has 5 heteroatoms. The molecule has 0 saturated carbocycles. The molecular weight excluding hydrogens is 242 g/mol. The summed E-state index contributed by atoms with van der Waals surface area (Å²) in [5.74, 6) is -0.748. The van der Waals surface area contributed by atoms with Crippen LogP contribution in [0.15, 0.2) is 48.1 Å². The number of primary amides is 1. The first-order valence-electron chi connectivity index (χ1n) is 5.81.